The van der Waals surface area contributed by atoms with Crippen LogP contribution in [0.4, 0.5) is 0 Å². The lowest BCUT2D eigenvalue weighted by Gasteiger charge is -2.19. The smallest absolute Gasteiger partial charge is 0.118 e. The highest BCUT2D eigenvalue weighted by atomic mass is 31.1. The summed E-state index contributed by atoms with van der Waals surface area (Å²) in [7, 11) is 4.86. The molecule has 3 aromatic carbocycles. The minimum Gasteiger partial charge on any atom is -0.497 e. The van der Waals surface area contributed by atoms with Gasteiger partial charge in [0.15, 0.2) is 0 Å². The molecule has 0 aliphatic carbocycles. The van der Waals surface area contributed by atoms with Crippen LogP contribution >= 0.6 is 7.92 Å². The maximum absolute atomic E-state index is 5.29. The van der Waals surface area contributed by atoms with E-state index in [1.54, 1.807) is 21.3 Å². The maximum atomic E-state index is 5.29. The summed E-state index contributed by atoms with van der Waals surface area (Å²) in [5.74, 6) is 2.70. The van der Waals surface area contributed by atoms with E-state index in [0.29, 0.717) is 0 Å². The molecule has 3 nitrogen and oxygen atoms in total. The molecule has 0 radical (unpaired) electrons. The summed E-state index contributed by atoms with van der Waals surface area (Å²) in [5, 5.41) is 0. The predicted octanol–water partition coefficient (Wildman–Crippen LogP) is 6.09. The molecule has 0 saturated heterocycles. The van der Waals surface area contributed by atoms with Crippen molar-refractivity contribution < 1.29 is 14.2 Å². The number of benzene rings is 3. The quantitative estimate of drug-likeness (QED) is 0.411. The Morgan fingerprint density at radius 2 is 0.714 bits per heavy atom. The second-order valence-corrected chi connectivity index (χ2v) is 8.98. The molecular formula is C24H27O3P. The minimum absolute atomic E-state index is 0.254. The Balaban J connectivity index is 1.76. The summed E-state index contributed by atoms with van der Waals surface area (Å²) in [6.45, 7) is 0. The van der Waals surface area contributed by atoms with Gasteiger partial charge in [-0.1, -0.05) is 44.3 Å². The Bertz CT molecular complexity index is 725. The number of hydrogen-bond acceptors (Lipinski definition) is 3. The molecule has 3 rings (SSSR count). The summed E-state index contributed by atoms with van der Waals surface area (Å²) >= 11 is 0. The second kappa shape index (κ2) is 10.1. The van der Waals surface area contributed by atoms with Gasteiger partial charge in [0.1, 0.15) is 17.2 Å². The number of ether oxygens (including phenoxy) is 3. The maximum Gasteiger partial charge on any atom is 0.118 e. The highest BCUT2D eigenvalue weighted by molar-refractivity contribution is 7.55. The molecular weight excluding hydrogens is 367 g/mol. The Morgan fingerprint density at radius 3 is 0.929 bits per heavy atom. The van der Waals surface area contributed by atoms with E-state index in [4.69, 9.17) is 14.2 Å². The molecule has 0 unspecified atom stereocenters. The lowest BCUT2D eigenvalue weighted by molar-refractivity contribution is 0.414. The van der Waals surface area contributed by atoms with E-state index in [9.17, 15) is 0 Å². The van der Waals surface area contributed by atoms with E-state index < -0.39 is 0 Å². The van der Waals surface area contributed by atoms with Crippen LogP contribution < -0.4 is 14.2 Å². The molecule has 4 heteroatoms. The average Bonchev–Trinajstić information content (AvgIpc) is 2.75. The van der Waals surface area contributed by atoms with E-state index in [1.807, 2.05) is 36.4 Å². The number of methoxy groups -OCH3 is 3. The Kier molecular flexibility index (Phi) is 7.33. The first-order valence-electron chi connectivity index (χ1n) is 9.31. The molecule has 0 fully saturated rings. The molecule has 0 aliphatic rings. The van der Waals surface area contributed by atoms with Crippen LogP contribution in [-0.4, -0.2) is 21.3 Å². The van der Waals surface area contributed by atoms with Crippen LogP contribution in [0, 0.1) is 0 Å². The van der Waals surface area contributed by atoms with Crippen LogP contribution in [-0.2, 0) is 18.5 Å². The summed E-state index contributed by atoms with van der Waals surface area (Å²) in [6.07, 6.45) is 3.24. The van der Waals surface area contributed by atoms with Gasteiger partial charge < -0.3 is 14.2 Å². The summed E-state index contributed by atoms with van der Waals surface area (Å²) in [4.78, 5) is 0. The molecule has 0 spiro atoms. The van der Waals surface area contributed by atoms with Crippen molar-refractivity contribution in [3.63, 3.8) is 0 Å². The van der Waals surface area contributed by atoms with Crippen molar-refractivity contribution in [1.29, 1.82) is 0 Å². The van der Waals surface area contributed by atoms with Crippen molar-refractivity contribution in [2.75, 3.05) is 21.3 Å². The van der Waals surface area contributed by atoms with Crippen LogP contribution in [0.1, 0.15) is 16.7 Å². The minimum atomic E-state index is -0.254. The molecule has 0 saturated carbocycles. The monoisotopic (exact) mass is 394 g/mol. The van der Waals surface area contributed by atoms with Crippen LogP contribution in [0.2, 0.25) is 0 Å². The van der Waals surface area contributed by atoms with E-state index >= 15 is 0 Å². The van der Waals surface area contributed by atoms with Gasteiger partial charge in [-0.25, -0.2) is 0 Å². The lowest BCUT2D eigenvalue weighted by atomic mass is 10.2. The fourth-order valence-electron chi connectivity index (χ4n) is 3.14. The average molecular weight is 394 g/mol. The van der Waals surface area contributed by atoms with E-state index in [2.05, 4.69) is 36.4 Å². The van der Waals surface area contributed by atoms with Gasteiger partial charge in [-0.05, 0) is 71.6 Å². The summed E-state index contributed by atoms with van der Waals surface area (Å²) < 4.78 is 15.9. The second-order valence-electron chi connectivity index (χ2n) is 6.69. The first-order chi connectivity index (χ1) is 13.7. The third-order valence-corrected chi connectivity index (χ3v) is 7.13. The van der Waals surface area contributed by atoms with Gasteiger partial charge in [-0.15, -0.1) is 0 Å². The lowest BCUT2D eigenvalue weighted by Crippen LogP contribution is -1.94. The molecule has 0 amide bonds. The van der Waals surface area contributed by atoms with Crippen molar-refractivity contribution in [3.8, 4) is 17.2 Å². The fourth-order valence-corrected chi connectivity index (χ4v) is 5.65. The van der Waals surface area contributed by atoms with Crippen LogP contribution in [0.25, 0.3) is 0 Å². The fraction of sp³-hybridized carbons (Fsp3) is 0.250. The van der Waals surface area contributed by atoms with Gasteiger partial charge in [0.05, 0.1) is 21.3 Å². The highest BCUT2D eigenvalue weighted by Crippen LogP contribution is 2.47. The molecule has 0 heterocycles. The van der Waals surface area contributed by atoms with Crippen LogP contribution in [0.15, 0.2) is 72.8 Å². The number of hydrogen-bond donors (Lipinski definition) is 0. The third kappa shape index (κ3) is 5.74. The summed E-state index contributed by atoms with van der Waals surface area (Å²) in [5.41, 5.74) is 4.07. The Labute approximate surface area is 169 Å². The van der Waals surface area contributed by atoms with Gasteiger partial charge in [0, 0.05) is 0 Å². The van der Waals surface area contributed by atoms with Crippen molar-refractivity contribution in [3.05, 3.63) is 89.5 Å². The van der Waals surface area contributed by atoms with Crippen molar-refractivity contribution >= 4 is 7.92 Å². The first kappa shape index (κ1) is 20.2. The van der Waals surface area contributed by atoms with Crippen LogP contribution in [0.3, 0.4) is 0 Å². The van der Waals surface area contributed by atoms with E-state index in [1.165, 1.54) is 16.7 Å². The highest BCUT2D eigenvalue weighted by Gasteiger charge is 2.12. The molecule has 3 aromatic rings. The van der Waals surface area contributed by atoms with Crippen LogP contribution in [0.5, 0.6) is 17.2 Å². The topological polar surface area (TPSA) is 27.7 Å². The zero-order valence-corrected chi connectivity index (χ0v) is 17.6. The van der Waals surface area contributed by atoms with Gasteiger partial charge in [0.25, 0.3) is 0 Å². The molecule has 0 N–H and O–H groups in total. The third-order valence-electron chi connectivity index (χ3n) is 4.70. The van der Waals surface area contributed by atoms with Crippen molar-refractivity contribution in [2.45, 2.75) is 18.5 Å². The molecule has 28 heavy (non-hydrogen) atoms. The summed E-state index contributed by atoms with van der Waals surface area (Å²) in [6, 6.07) is 25.3. The molecule has 146 valence electrons. The SMILES string of the molecule is COc1ccc(CP(Cc2ccc(OC)cc2)Cc2ccc(OC)cc2)cc1. The zero-order chi connectivity index (χ0) is 19.8. The Hall–Kier alpha value is -2.51. The van der Waals surface area contributed by atoms with Gasteiger partial charge in [-0.2, -0.15) is 0 Å². The Morgan fingerprint density at radius 1 is 0.464 bits per heavy atom. The largest absolute Gasteiger partial charge is 0.497 e. The normalized spacial score (nSPS) is 10.7. The molecule has 0 atom stereocenters. The standard InChI is InChI=1S/C24H27O3P/c1-25-22-10-4-19(5-11-22)16-28(17-20-6-12-23(26-2)13-7-20)18-21-8-14-24(27-3)15-9-21/h4-15H,16-18H2,1-3H3. The molecule has 0 aliphatic heterocycles. The van der Waals surface area contributed by atoms with E-state index in [-0.39, 0.29) is 7.92 Å². The van der Waals surface area contributed by atoms with E-state index in [0.717, 1.165) is 35.7 Å². The van der Waals surface area contributed by atoms with Crippen molar-refractivity contribution in [2.24, 2.45) is 0 Å². The van der Waals surface area contributed by atoms with Gasteiger partial charge >= 0.3 is 0 Å². The van der Waals surface area contributed by atoms with Crippen molar-refractivity contribution in [1.82, 2.24) is 0 Å². The zero-order valence-electron chi connectivity index (χ0n) is 16.7. The van der Waals surface area contributed by atoms with Gasteiger partial charge in [-0.3, -0.25) is 0 Å². The predicted molar refractivity (Wildman–Crippen MR) is 117 cm³/mol. The number of rotatable bonds is 9. The molecule has 0 aromatic heterocycles. The first-order valence-corrected chi connectivity index (χ1v) is 11.2. The molecule has 0 bridgehead atoms. The van der Waals surface area contributed by atoms with Gasteiger partial charge in [0.2, 0.25) is 0 Å².